The summed E-state index contributed by atoms with van der Waals surface area (Å²) in [6.45, 7) is 5.36. The maximum Gasteiger partial charge on any atom is 0.428 e. The summed E-state index contributed by atoms with van der Waals surface area (Å²) in [5, 5.41) is 0.921. The summed E-state index contributed by atoms with van der Waals surface area (Å²) < 4.78 is 6.05. The average Bonchev–Trinajstić information content (AvgIpc) is 2.25. The molecule has 0 bridgehead atoms. The Kier molecular flexibility index (Phi) is 4.93. The SMILES string of the molecule is CC(C)(C)OC(=O)N(N)/C=C/c1ccccc1Br. The van der Waals surface area contributed by atoms with Crippen LogP contribution < -0.4 is 5.84 Å². The molecular weight excluding hydrogens is 296 g/mol. The largest absolute Gasteiger partial charge is 0.443 e. The fraction of sp³-hybridized carbons (Fsp3) is 0.308. The van der Waals surface area contributed by atoms with Crippen molar-refractivity contribution in [3.63, 3.8) is 0 Å². The lowest BCUT2D eigenvalue weighted by Gasteiger charge is -2.22. The van der Waals surface area contributed by atoms with Crippen molar-refractivity contribution in [3.8, 4) is 0 Å². The third-order valence-electron chi connectivity index (χ3n) is 1.92. The molecule has 5 heteroatoms. The monoisotopic (exact) mass is 312 g/mol. The zero-order chi connectivity index (χ0) is 13.8. The topological polar surface area (TPSA) is 55.6 Å². The number of carbonyl (C=O) groups excluding carboxylic acids is 1. The first-order chi connectivity index (χ1) is 8.29. The molecule has 0 aliphatic heterocycles. The van der Waals surface area contributed by atoms with Crippen molar-refractivity contribution in [1.82, 2.24) is 5.01 Å². The first-order valence-electron chi connectivity index (χ1n) is 5.49. The summed E-state index contributed by atoms with van der Waals surface area (Å²) in [6.07, 6.45) is 2.60. The highest BCUT2D eigenvalue weighted by Gasteiger charge is 2.18. The third kappa shape index (κ3) is 4.89. The molecule has 0 saturated carbocycles. The number of rotatable bonds is 2. The predicted molar refractivity (Wildman–Crippen MR) is 75.4 cm³/mol. The number of carbonyl (C=O) groups is 1. The minimum Gasteiger partial charge on any atom is -0.443 e. The van der Waals surface area contributed by atoms with Crippen LogP contribution in [0.5, 0.6) is 0 Å². The number of nitrogens with two attached hydrogens (primary N) is 1. The Hall–Kier alpha value is -1.33. The Morgan fingerprint density at radius 1 is 1.39 bits per heavy atom. The van der Waals surface area contributed by atoms with Gasteiger partial charge in [-0.15, -0.1) is 0 Å². The lowest BCUT2D eigenvalue weighted by atomic mass is 10.2. The average molecular weight is 313 g/mol. The van der Waals surface area contributed by atoms with Gasteiger partial charge in [-0.05, 0) is 38.5 Å². The standard InChI is InChI=1S/C13H17BrN2O2/c1-13(2,3)18-12(17)16(15)9-8-10-6-4-5-7-11(10)14/h4-9H,15H2,1-3H3/b9-8+. The van der Waals surface area contributed by atoms with Crippen molar-refractivity contribution >= 4 is 28.1 Å². The van der Waals surface area contributed by atoms with Crippen LogP contribution in [0.15, 0.2) is 34.9 Å². The molecule has 98 valence electrons. The van der Waals surface area contributed by atoms with E-state index in [0.29, 0.717) is 0 Å². The highest BCUT2D eigenvalue weighted by molar-refractivity contribution is 9.10. The third-order valence-corrected chi connectivity index (χ3v) is 2.65. The molecule has 0 saturated heterocycles. The van der Waals surface area contributed by atoms with Gasteiger partial charge in [-0.2, -0.15) is 0 Å². The van der Waals surface area contributed by atoms with Gasteiger partial charge in [0, 0.05) is 10.7 Å². The van der Waals surface area contributed by atoms with Crippen molar-refractivity contribution < 1.29 is 9.53 Å². The summed E-state index contributed by atoms with van der Waals surface area (Å²) >= 11 is 3.41. The Labute approximate surface area is 116 Å². The van der Waals surface area contributed by atoms with Crippen molar-refractivity contribution in [2.24, 2.45) is 5.84 Å². The molecule has 18 heavy (non-hydrogen) atoms. The van der Waals surface area contributed by atoms with E-state index in [1.54, 1.807) is 26.8 Å². The van der Waals surface area contributed by atoms with Crippen molar-refractivity contribution in [2.45, 2.75) is 26.4 Å². The fourth-order valence-corrected chi connectivity index (χ4v) is 1.56. The molecule has 0 radical (unpaired) electrons. The van der Waals surface area contributed by atoms with Crippen LogP contribution in [0.3, 0.4) is 0 Å². The minimum absolute atomic E-state index is 0.560. The molecular formula is C13H17BrN2O2. The molecule has 0 heterocycles. The van der Waals surface area contributed by atoms with Gasteiger partial charge in [-0.25, -0.2) is 15.6 Å². The van der Waals surface area contributed by atoms with Crippen LogP contribution in [0.2, 0.25) is 0 Å². The van der Waals surface area contributed by atoms with E-state index in [2.05, 4.69) is 15.9 Å². The van der Waals surface area contributed by atoms with Gasteiger partial charge in [0.15, 0.2) is 0 Å². The number of ether oxygens (including phenoxy) is 1. The molecule has 1 aromatic carbocycles. The molecule has 0 aliphatic rings. The van der Waals surface area contributed by atoms with Crippen LogP contribution in [0.25, 0.3) is 6.08 Å². The van der Waals surface area contributed by atoms with Crippen LogP contribution >= 0.6 is 15.9 Å². The van der Waals surface area contributed by atoms with E-state index in [9.17, 15) is 4.79 Å². The Morgan fingerprint density at radius 3 is 2.56 bits per heavy atom. The number of amides is 1. The number of hydrogen-bond donors (Lipinski definition) is 1. The molecule has 0 aliphatic carbocycles. The molecule has 0 aromatic heterocycles. The van der Waals surface area contributed by atoms with Gasteiger partial charge in [0.2, 0.25) is 0 Å². The van der Waals surface area contributed by atoms with Gasteiger partial charge in [0.25, 0.3) is 0 Å². The summed E-state index contributed by atoms with van der Waals surface area (Å²) in [5.41, 5.74) is 0.368. The highest BCUT2D eigenvalue weighted by atomic mass is 79.9. The first-order valence-corrected chi connectivity index (χ1v) is 6.28. The molecule has 4 nitrogen and oxygen atoms in total. The zero-order valence-electron chi connectivity index (χ0n) is 10.7. The maximum atomic E-state index is 11.6. The molecule has 0 atom stereocenters. The molecule has 1 rings (SSSR count). The van der Waals surface area contributed by atoms with E-state index in [-0.39, 0.29) is 0 Å². The van der Waals surface area contributed by atoms with Crippen molar-refractivity contribution in [1.29, 1.82) is 0 Å². The van der Waals surface area contributed by atoms with Gasteiger partial charge in [0.1, 0.15) is 5.60 Å². The number of halogens is 1. The van der Waals surface area contributed by atoms with E-state index >= 15 is 0 Å². The van der Waals surface area contributed by atoms with Gasteiger partial charge < -0.3 is 4.74 Å². The maximum absolute atomic E-state index is 11.6. The molecule has 0 fully saturated rings. The predicted octanol–water partition coefficient (Wildman–Crippen LogP) is 3.53. The van der Waals surface area contributed by atoms with E-state index in [0.717, 1.165) is 15.0 Å². The lowest BCUT2D eigenvalue weighted by molar-refractivity contribution is 0.0335. The Morgan fingerprint density at radius 2 is 2.00 bits per heavy atom. The van der Waals surface area contributed by atoms with Crippen LogP contribution in [-0.4, -0.2) is 16.7 Å². The number of benzene rings is 1. The van der Waals surface area contributed by atoms with E-state index in [4.69, 9.17) is 10.6 Å². The summed E-state index contributed by atoms with van der Waals surface area (Å²) in [6, 6.07) is 7.63. The van der Waals surface area contributed by atoms with Crippen LogP contribution in [0.4, 0.5) is 4.79 Å². The normalized spacial score (nSPS) is 11.6. The van der Waals surface area contributed by atoms with Crippen LogP contribution in [0.1, 0.15) is 26.3 Å². The van der Waals surface area contributed by atoms with E-state index in [1.165, 1.54) is 6.20 Å². The second kappa shape index (κ2) is 6.02. The summed E-state index contributed by atoms with van der Waals surface area (Å²) in [4.78, 5) is 11.6. The van der Waals surface area contributed by atoms with Crippen LogP contribution in [0, 0.1) is 0 Å². The summed E-state index contributed by atoms with van der Waals surface area (Å²) in [5.74, 6) is 5.58. The van der Waals surface area contributed by atoms with E-state index < -0.39 is 11.7 Å². The molecule has 2 N–H and O–H groups in total. The molecule has 1 amide bonds. The second-order valence-electron chi connectivity index (χ2n) is 4.72. The number of hydrazine groups is 1. The van der Waals surface area contributed by atoms with Gasteiger partial charge in [-0.3, -0.25) is 0 Å². The van der Waals surface area contributed by atoms with Gasteiger partial charge in [-0.1, -0.05) is 34.1 Å². The van der Waals surface area contributed by atoms with Crippen molar-refractivity contribution in [3.05, 3.63) is 40.5 Å². The second-order valence-corrected chi connectivity index (χ2v) is 5.58. The molecule has 0 spiro atoms. The summed E-state index contributed by atoms with van der Waals surface area (Å²) in [7, 11) is 0. The quantitative estimate of drug-likeness (QED) is 0.516. The molecule has 0 unspecified atom stereocenters. The zero-order valence-corrected chi connectivity index (χ0v) is 12.3. The first kappa shape index (κ1) is 14.7. The van der Waals surface area contributed by atoms with Crippen LogP contribution in [-0.2, 0) is 4.74 Å². The smallest absolute Gasteiger partial charge is 0.428 e. The lowest BCUT2D eigenvalue weighted by Crippen LogP contribution is -2.37. The highest BCUT2D eigenvalue weighted by Crippen LogP contribution is 2.17. The minimum atomic E-state index is -0.592. The van der Waals surface area contributed by atoms with Gasteiger partial charge in [0.05, 0.1) is 0 Å². The molecule has 1 aromatic rings. The van der Waals surface area contributed by atoms with Gasteiger partial charge >= 0.3 is 6.09 Å². The number of hydrogen-bond acceptors (Lipinski definition) is 3. The fourth-order valence-electron chi connectivity index (χ4n) is 1.15. The van der Waals surface area contributed by atoms with Crippen molar-refractivity contribution in [2.75, 3.05) is 0 Å². The Balaban J connectivity index is 2.68. The van der Waals surface area contributed by atoms with E-state index in [1.807, 2.05) is 24.3 Å². The number of nitrogens with zero attached hydrogens (tertiary/aromatic N) is 1. The Bertz CT molecular complexity index is 453.